The molecular weight excluding hydrogens is 478 g/mol. The van der Waals surface area contributed by atoms with Gasteiger partial charge in [0.25, 0.3) is 0 Å². The Balaban J connectivity index is 2.24. The zero-order valence-electron chi connectivity index (χ0n) is 22.3. The molecule has 1 aromatic rings. The van der Waals surface area contributed by atoms with Gasteiger partial charge in [0.2, 0.25) is 5.91 Å². The molecule has 0 bridgehead atoms. The molecule has 0 spiro atoms. The highest BCUT2D eigenvalue weighted by Gasteiger charge is 2.25. The normalized spacial score (nSPS) is 30.6. The molecule has 0 saturated carbocycles. The summed E-state index contributed by atoms with van der Waals surface area (Å²) in [4.78, 5) is 37.6. The van der Waals surface area contributed by atoms with Gasteiger partial charge in [-0.2, -0.15) is 0 Å². The predicted molar refractivity (Wildman–Crippen MR) is 137 cm³/mol. The van der Waals surface area contributed by atoms with Crippen molar-refractivity contribution in [2.45, 2.75) is 58.2 Å². The predicted octanol–water partition coefficient (Wildman–Crippen LogP) is 2.98. The number of carbonyl (C=O) groups is 3. The number of methoxy groups -OCH3 is 2. The maximum atomic E-state index is 13.0. The summed E-state index contributed by atoms with van der Waals surface area (Å²) in [7, 11) is 3.05. The molecule has 37 heavy (non-hydrogen) atoms. The number of nitrogens with one attached hydrogen (secondary N) is 1. The molecule has 1 heterocycles. The van der Waals surface area contributed by atoms with Crippen molar-refractivity contribution in [3.05, 3.63) is 60.2 Å². The number of rotatable bonds is 5. The second kappa shape index (κ2) is 16.0. The average Bonchev–Trinajstić information content (AvgIpc) is 2.89. The van der Waals surface area contributed by atoms with E-state index in [9.17, 15) is 14.4 Å². The zero-order valence-corrected chi connectivity index (χ0v) is 22.3. The van der Waals surface area contributed by atoms with E-state index in [2.05, 4.69) is 5.32 Å². The summed E-state index contributed by atoms with van der Waals surface area (Å²) in [6.07, 6.45) is 5.13. The Morgan fingerprint density at radius 1 is 0.838 bits per heavy atom. The van der Waals surface area contributed by atoms with Crippen LogP contribution >= 0.6 is 0 Å². The lowest BCUT2D eigenvalue weighted by Gasteiger charge is -2.22. The molecule has 0 unspecified atom stereocenters. The van der Waals surface area contributed by atoms with Crippen LogP contribution in [0.4, 0.5) is 0 Å². The average molecular weight is 518 g/mol. The lowest BCUT2D eigenvalue weighted by molar-refractivity contribution is -0.159. The third-order valence-corrected chi connectivity index (χ3v) is 6.13. The van der Waals surface area contributed by atoms with Gasteiger partial charge in [-0.3, -0.25) is 4.79 Å². The third kappa shape index (κ3) is 10.5. The summed E-state index contributed by atoms with van der Waals surface area (Å²) in [5.74, 6) is -1.80. The molecular formula is C28H39NO8. The standard InChI is InChI=1S/C28H39NO8/c1-19-10-9-13-26(30)29-21(3)27(31)36-17-25(34-5)20(2)14-15-23(28(32)37-18-24(19)33-4)35-16-22-11-7-6-8-12-22/h6-12,14-15,19-21,23-25H,13,16-18H2,1-5H3,(H,29,30)/b10-9+,15-14+/t19-,20-,21+,23-,24-,25-/m1/s1. The lowest BCUT2D eigenvalue weighted by Crippen LogP contribution is -2.40. The van der Waals surface area contributed by atoms with E-state index in [1.807, 2.05) is 50.3 Å². The fourth-order valence-electron chi connectivity index (χ4n) is 3.64. The molecule has 0 radical (unpaired) electrons. The number of cyclic esters (lactones) is 2. The first-order valence-corrected chi connectivity index (χ1v) is 12.4. The van der Waals surface area contributed by atoms with Crippen LogP contribution in [0.5, 0.6) is 0 Å². The molecule has 6 atom stereocenters. The second-order valence-electron chi connectivity index (χ2n) is 9.05. The van der Waals surface area contributed by atoms with E-state index in [1.54, 1.807) is 25.2 Å². The first kappa shape index (κ1) is 30.2. The summed E-state index contributed by atoms with van der Waals surface area (Å²) in [5, 5.41) is 2.63. The summed E-state index contributed by atoms with van der Waals surface area (Å²) in [6, 6.07) is 8.71. The Labute approximate surface area is 219 Å². The SMILES string of the molecule is CO[C@@H]1COC(=O)[C@H](C)NC(=O)C/C=C/[C@@H](C)[C@H](OC)COC(=O)[C@H](OCc2ccccc2)/C=C/[C@H]1C. The summed E-state index contributed by atoms with van der Waals surface area (Å²) >= 11 is 0. The van der Waals surface area contributed by atoms with Crippen LogP contribution in [0, 0.1) is 11.8 Å². The highest BCUT2D eigenvalue weighted by atomic mass is 16.6. The van der Waals surface area contributed by atoms with Gasteiger partial charge in [-0.25, -0.2) is 9.59 Å². The van der Waals surface area contributed by atoms with Gasteiger partial charge in [0, 0.05) is 32.5 Å². The van der Waals surface area contributed by atoms with Gasteiger partial charge in [0.05, 0.1) is 18.8 Å². The van der Waals surface area contributed by atoms with Crippen molar-refractivity contribution < 1.29 is 38.1 Å². The van der Waals surface area contributed by atoms with Crippen molar-refractivity contribution >= 4 is 17.8 Å². The molecule has 0 aromatic heterocycles. The molecule has 2 rings (SSSR count). The number of esters is 2. The first-order chi connectivity index (χ1) is 17.7. The van der Waals surface area contributed by atoms with Gasteiger partial charge in [-0.05, 0) is 18.6 Å². The van der Waals surface area contributed by atoms with Gasteiger partial charge in [-0.15, -0.1) is 0 Å². The number of amides is 1. The smallest absolute Gasteiger partial charge is 0.339 e. The Bertz CT molecular complexity index is 916. The van der Waals surface area contributed by atoms with Gasteiger partial charge < -0.3 is 29.0 Å². The molecule has 1 aliphatic heterocycles. The molecule has 9 nitrogen and oxygen atoms in total. The summed E-state index contributed by atoms with van der Waals surface area (Å²) < 4.78 is 27.9. The van der Waals surface area contributed by atoms with Crippen LogP contribution in [0.1, 0.15) is 32.8 Å². The van der Waals surface area contributed by atoms with E-state index in [-0.39, 0.29) is 44.0 Å². The maximum Gasteiger partial charge on any atom is 0.339 e. The Morgan fingerprint density at radius 2 is 1.43 bits per heavy atom. The lowest BCUT2D eigenvalue weighted by atomic mass is 10.0. The Morgan fingerprint density at radius 3 is 2.05 bits per heavy atom. The minimum Gasteiger partial charge on any atom is -0.461 e. The van der Waals surface area contributed by atoms with E-state index >= 15 is 0 Å². The zero-order chi connectivity index (χ0) is 27.2. The second-order valence-corrected chi connectivity index (χ2v) is 9.05. The molecule has 1 aliphatic rings. The fourth-order valence-corrected chi connectivity index (χ4v) is 3.64. The number of hydrogen-bond acceptors (Lipinski definition) is 8. The molecule has 9 heteroatoms. The minimum atomic E-state index is -0.963. The Kier molecular flexibility index (Phi) is 13.0. The van der Waals surface area contributed by atoms with Crippen LogP contribution in [-0.2, 0) is 44.7 Å². The van der Waals surface area contributed by atoms with Crippen molar-refractivity contribution in [2.75, 3.05) is 27.4 Å². The van der Waals surface area contributed by atoms with Crippen LogP contribution in [0.25, 0.3) is 0 Å². The summed E-state index contributed by atoms with van der Waals surface area (Å²) in [6.45, 7) is 5.56. The van der Waals surface area contributed by atoms with Gasteiger partial charge in [0.15, 0.2) is 6.10 Å². The van der Waals surface area contributed by atoms with Gasteiger partial charge in [0.1, 0.15) is 19.3 Å². The minimum absolute atomic E-state index is 0.0156. The maximum absolute atomic E-state index is 13.0. The van der Waals surface area contributed by atoms with Crippen LogP contribution < -0.4 is 5.32 Å². The largest absolute Gasteiger partial charge is 0.461 e. The number of ether oxygens (including phenoxy) is 5. The van der Waals surface area contributed by atoms with E-state index in [0.717, 1.165) is 5.56 Å². The Hall–Kier alpha value is -3.01. The van der Waals surface area contributed by atoms with Crippen LogP contribution in [0.3, 0.4) is 0 Å². The monoisotopic (exact) mass is 517 g/mol. The third-order valence-electron chi connectivity index (χ3n) is 6.13. The van der Waals surface area contributed by atoms with Gasteiger partial charge in [-0.1, -0.05) is 62.4 Å². The van der Waals surface area contributed by atoms with Crippen molar-refractivity contribution in [1.29, 1.82) is 0 Å². The molecule has 1 aromatic carbocycles. The molecule has 0 saturated heterocycles. The number of carbonyl (C=O) groups excluding carboxylic acids is 3. The van der Waals surface area contributed by atoms with Crippen molar-refractivity contribution in [1.82, 2.24) is 5.32 Å². The van der Waals surface area contributed by atoms with Gasteiger partial charge >= 0.3 is 11.9 Å². The molecule has 0 aliphatic carbocycles. The van der Waals surface area contributed by atoms with Crippen molar-refractivity contribution in [3.8, 4) is 0 Å². The quantitative estimate of drug-likeness (QED) is 0.469. The van der Waals surface area contributed by atoms with E-state index < -0.39 is 36.3 Å². The molecule has 1 amide bonds. The number of benzene rings is 1. The molecule has 0 fully saturated rings. The highest BCUT2D eigenvalue weighted by molar-refractivity contribution is 5.84. The van der Waals surface area contributed by atoms with E-state index in [4.69, 9.17) is 23.7 Å². The van der Waals surface area contributed by atoms with Crippen LogP contribution in [-0.4, -0.2) is 69.6 Å². The van der Waals surface area contributed by atoms with Crippen molar-refractivity contribution in [3.63, 3.8) is 0 Å². The molecule has 204 valence electrons. The topological polar surface area (TPSA) is 109 Å². The van der Waals surface area contributed by atoms with E-state index in [0.29, 0.717) is 0 Å². The first-order valence-electron chi connectivity index (χ1n) is 12.4. The van der Waals surface area contributed by atoms with E-state index in [1.165, 1.54) is 14.2 Å². The number of hydrogen-bond donors (Lipinski definition) is 1. The summed E-state index contributed by atoms with van der Waals surface area (Å²) in [5.41, 5.74) is 0.916. The highest BCUT2D eigenvalue weighted by Crippen LogP contribution is 2.15. The van der Waals surface area contributed by atoms with Crippen molar-refractivity contribution in [2.24, 2.45) is 11.8 Å². The molecule has 1 N–H and O–H groups in total. The fraction of sp³-hybridized carbons (Fsp3) is 0.536. The van der Waals surface area contributed by atoms with Crippen LogP contribution in [0.15, 0.2) is 54.6 Å². The van der Waals surface area contributed by atoms with Crippen LogP contribution in [0.2, 0.25) is 0 Å².